The fourth-order valence-electron chi connectivity index (χ4n) is 1.67. The summed E-state index contributed by atoms with van der Waals surface area (Å²) in [6.45, 7) is 4.16. The first-order valence-corrected chi connectivity index (χ1v) is 7.28. The average Bonchev–Trinajstić information content (AvgIpc) is 2.40. The Morgan fingerprint density at radius 1 is 1.45 bits per heavy atom. The summed E-state index contributed by atoms with van der Waals surface area (Å²) in [6.07, 6.45) is 2.39. The molecule has 1 aromatic carbocycles. The zero-order valence-corrected chi connectivity index (χ0v) is 13.4. The van der Waals surface area contributed by atoms with Crippen LogP contribution in [-0.4, -0.2) is 12.6 Å². The van der Waals surface area contributed by atoms with E-state index in [4.69, 9.17) is 15.7 Å². The highest BCUT2D eigenvalue weighted by atomic mass is 79.9. The summed E-state index contributed by atoms with van der Waals surface area (Å²) in [5.74, 6) is -0.385. The second kappa shape index (κ2) is 7.30. The molecule has 0 saturated carbocycles. The van der Waals surface area contributed by atoms with Gasteiger partial charge in [-0.15, -0.1) is 0 Å². The summed E-state index contributed by atoms with van der Waals surface area (Å²) in [5, 5.41) is 8.89. The lowest BCUT2D eigenvalue weighted by Gasteiger charge is -2.14. The van der Waals surface area contributed by atoms with Crippen LogP contribution in [0.4, 0.5) is 5.69 Å². The lowest BCUT2D eigenvalue weighted by atomic mass is 9.89. The Hall–Kier alpha value is -1.54. The maximum Gasteiger partial charge on any atom is 0.339 e. The fraction of sp³-hybridized carbons (Fsp3) is 0.467. The van der Waals surface area contributed by atoms with Crippen molar-refractivity contribution in [3.8, 4) is 6.07 Å². The number of carbonyl (C=O) groups excluding carboxylic acids is 1. The predicted molar refractivity (Wildman–Crippen MR) is 82.1 cm³/mol. The van der Waals surface area contributed by atoms with Crippen molar-refractivity contribution in [2.24, 2.45) is 5.41 Å². The molecule has 1 aromatic rings. The van der Waals surface area contributed by atoms with Gasteiger partial charge in [0.1, 0.15) is 0 Å². The highest BCUT2D eigenvalue weighted by Crippen LogP contribution is 2.22. The van der Waals surface area contributed by atoms with Gasteiger partial charge in [-0.25, -0.2) is 4.79 Å². The number of nitrogens with two attached hydrogens (primary N) is 1. The van der Waals surface area contributed by atoms with Gasteiger partial charge in [0, 0.05) is 10.2 Å². The molecule has 0 aliphatic rings. The van der Waals surface area contributed by atoms with Crippen LogP contribution in [-0.2, 0) is 4.74 Å². The SMILES string of the molecule is CC(C)(C#N)CCCCOC(=O)c1cc(N)ccc1Br. The van der Waals surface area contributed by atoms with Gasteiger partial charge in [-0.3, -0.25) is 0 Å². The molecule has 0 aromatic heterocycles. The van der Waals surface area contributed by atoms with Crippen LogP contribution in [0.1, 0.15) is 43.5 Å². The number of carbonyl (C=O) groups is 1. The van der Waals surface area contributed by atoms with Crippen LogP contribution in [0, 0.1) is 16.7 Å². The minimum absolute atomic E-state index is 0.319. The molecule has 20 heavy (non-hydrogen) atoms. The number of hydrogen-bond acceptors (Lipinski definition) is 4. The van der Waals surface area contributed by atoms with Crippen molar-refractivity contribution in [2.75, 3.05) is 12.3 Å². The van der Waals surface area contributed by atoms with Crippen molar-refractivity contribution in [1.82, 2.24) is 0 Å². The lowest BCUT2D eigenvalue weighted by Crippen LogP contribution is -2.10. The molecule has 0 heterocycles. The molecule has 5 heteroatoms. The number of esters is 1. The zero-order valence-electron chi connectivity index (χ0n) is 11.8. The van der Waals surface area contributed by atoms with E-state index in [1.165, 1.54) is 0 Å². The average molecular weight is 339 g/mol. The van der Waals surface area contributed by atoms with Crippen LogP contribution in [0.2, 0.25) is 0 Å². The van der Waals surface area contributed by atoms with Gasteiger partial charge >= 0.3 is 5.97 Å². The highest BCUT2D eigenvalue weighted by Gasteiger charge is 2.16. The number of halogens is 1. The summed E-state index contributed by atoms with van der Waals surface area (Å²) >= 11 is 3.30. The standard InChI is InChI=1S/C15H19BrN2O2/c1-15(2,10-17)7-3-4-8-20-14(19)12-9-11(18)5-6-13(12)16/h5-6,9H,3-4,7-8,18H2,1-2H3. The Labute approximate surface area is 128 Å². The number of ether oxygens (including phenoxy) is 1. The van der Waals surface area contributed by atoms with Crippen LogP contribution in [0.15, 0.2) is 22.7 Å². The van der Waals surface area contributed by atoms with E-state index in [0.29, 0.717) is 22.3 Å². The largest absolute Gasteiger partial charge is 0.462 e. The van der Waals surface area contributed by atoms with Crippen molar-refractivity contribution in [1.29, 1.82) is 5.26 Å². The third-order valence-electron chi connectivity index (χ3n) is 2.94. The number of rotatable bonds is 6. The summed E-state index contributed by atoms with van der Waals surface area (Å²) in [4.78, 5) is 11.9. The van der Waals surface area contributed by atoms with Crippen LogP contribution in [0.3, 0.4) is 0 Å². The van der Waals surface area contributed by atoms with E-state index >= 15 is 0 Å². The lowest BCUT2D eigenvalue weighted by molar-refractivity contribution is 0.0495. The maximum absolute atomic E-state index is 11.9. The molecule has 4 nitrogen and oxygen atoms in total. The van der Waals surface area contributed by atoms with Gasteiger partial charge in [0.2, 0.25) is 0 Å². The number of unbranched alkanes of at least 4 members (excludes halogenated alkanes) is 1. The van der Waals surface area contributed by atoms with E-state index in [0.717, 1.165) is 19.3 Å². The molecule has 0 bridgehead atoms. The van der Waals surface area contributed by atoms with Gasteiger partial charge in [0.25, 0.3) is 0 Å². The van der Waals surface area contributed by atoms with Gasteiger partial charge in [-0.2, -0.15) is 5.26 Å². The van der Waals surface area contributed by atoms with E-state index < -0.39 is 0 Å². The molecule has 0 saturated heterocycles. The van der Waals surface area contributed by atoms with Crippen LogP contribution in [0.5, 0.6) is 0 Å². The van der Waals surface area contributed by atoms with Crippen molar-refractivity contribution in [2.45, 2.75) is 33.1 Å². The summed E-state index contributed by atoms with van der Waals surface area (Å²) < 4.78 is 5.87. The maximum atomic E-state index is 11.9. The van der Waals surface area contributed by atoms with Gasteiger partial charge in [0.05, 0.1) is 23.7 Å². The monoisotopic (exact) mass is 338 g/mol. The van der Waals surface area contributed by atoms with E-state index in [1.807, 2.05) is 13.8 Å². The molecule has 0 radical (unpaired) electrons. The van der Waals surface area contributed by atoms with Crippen molar-refractivity contribution < 1.29 is 9.53 Å². The molecule has 0 amide bonds. The Morgan fingerprint density at radius 3 is 2.80 bits per heavy atom. The van der Waals surface area contributed by atoms with Crippen LogP contribution < -0.4 is 5.73 Å². The van der Waals surface area contributed by atoms with Gasteiger partial charge in [-0.1, -0.05) is 0 Å². The summed E-state index contributed by atoms with van der Waals surface area (Å²) in [6, 6.07) is 7.28. The quantitative estimate of drug-likeness (QED) is 0.484. The number of anilines is 1. The third-order valence-corrected chi connectivity index (χ3v) is 3.63. The molecule has 0 aliphatic heterocycles. The van der Waals surface area contributed by atoms with Gasteiger partial charge in [0.15, 0.2) is 0 Å². The van der Waals surface area contributed by atoms with E-state index in [-0.39, 0.29) is 11.4 Å². The Bertz CT molecular complexity index is 521. The van der Waals surface area contributed by atoms with Crippen LogP contribution >= 0.6 is 15.9 Å². The number of nitriles is 1. The van der Waals surface area contributed by atoms with Crippen molar-refractivity contribution in [3.05, 3.63) is 28.2 Å². The van der Waals surface area contributed by atoms with Gasteiger partial charge < -0.3 is 10.5 Å². The van der Waals surface area contributed by atoms with Crippen LogP contribution in [0.25, 0.3) is 0 Å². The Balaban J connectivity index is 2.38. The molecule has 0 unspecified atom stereocenters. The number of nitrogens with zero attached hydrogens (tertiary/aromatic N) is 1. The van der Waals surface area contributed by atoms with Gasteiger partial charge in [-0.05, 0) is 67.2 Å². The van der Waals surface area contributed by atoms with E-state index in [2.05, 4.69) is 22.0 Å². The zero-order chi connectivity index (χ0) is 15.2. The molecule has 2 N–H and O–H groups in total. The summed E-state index contributed by atoms with van der Waals surface area (Å²) in [5.41, 5.74) is 6.28. The highest BCUT2D eigenvalue weighted by molar-refractivity contribution is 9.10. The number of nitrogen functional groups attached to an aromatic ring is 1. The first-order chi connectivity index (χ1) is 9.35. The van der Waals surface area contributed by atoms with Crippen molar-refractivity contribution >= 4 is 27.6 Å². The third kappa shape index (κ3) is 5.22. The van der Waals surface area contributed by atoms with E-state index in [1.54, 1.807) is 18.2 Å². The molecule has 0 aliphatic carbocycles. The number of benzene rings is 1. The first kappa shape index (κ1) is 16.5. The molecule has 0 atom stereocenters. The molecular formula is C15H19BrN2O2. The Kier molecular flexibility index (Phi) is 6.03. The second-order valence-electron chi connectivity index (χ2n) is 5.33. The normalized spacial score (nSPS) is 10.9. The topological polar surface area (TPSA) is 76.1 Å². The predicted octanol–water partition coefficient (Wildman–Crippen LogP) is 3.91. The summed E-state index contributed by atoms with van der Waals surface area (Å²) in [7, 11) is 0. The minimum atomic E-state index is -0.385. The molecule has 0 fully saturated rings. The molecule has 0 spiro atoms. The molecule has 108 valence electrons. The van der Waals surface area contributed by atoms with Crippen molar-refractivity contribution in [3.63, 3.8) is 0 Å². The number of hydrogen-bond donors (Lipinski definition) is 1. The Morgan fingerprint density at radius 2 is 2.15 bits per heavy atom. The fourth-order valence-corrected chi connectivity index (χ4v) is 2.08. The first-order valence-electron chi connectivity index (χ1n) is 6.49. The molecule has 1 rings (SSSR count). The molecular weight excluding hydrogens is 320 g/mol. The minimum Gasteiger partial charge on any atom is -0.462 e. The second-order valence-corrected chi connectivity index (χ2v) is 6.18. The van der Waals surface area contributed by atoms with E-state index in [9.17, 15) is 4.79 Å². The smallest absolute Gasteiger partial charge is 0.339 e.